The van der Waals surface area contributed by atoms with E-state index in [0.717, 1.165) is 10.8 Å². The van der Waals surface area contributed by atoms with Crippen LogP contribution in [-0.2, 0) is 4.79 Å². The number of furan rings is 1. The van der Waals surface area contributed by atoms with Crippen LogP contribution in [0.2, 0.25) is 0 Å². The van der Waals surface area contributed by atoms with Crippen molar-refractivity contribution in [3.63, 3.8) is 0 Å². The molecule has 27 heavy (non-hydrogen) atoms. The van der Waals surface area contributed by atoms with Gasteiger partial charge in [0.1, 0.15) is 5.76 Å². The third-order valence-corrected chi connectivity index (χ3v) is 4.83. The molecule has 0 radical (unpaired) electrons. The first kappa shape index (κ1) is 17.1. The second-order valence-corrected chi connectivity index (χ2v) is 6.49. The quantitative estimate of drug-likeness (QED) is 0.673. The van der Waals surface area contributed by atoms with Gasteiger partial charge in [-0.3, -0.25) is 9.59 Å². The van der Waals surface area contributed by atoms with E-state index >= 15 is 0 Å². The molecule has 1 aliphatic rings. The first-order valence-corrected chi connectivity index (χ1v) is 9.00. The number of hydrogen-bond acceptors (Lipinski definition) is 3. The maximum absolute atomic E-state index is 13.0. The molecule has 0 spiro atoms. The summed E-state index contributed by atoms with van der Waals surface area (Å²) in [5, 5.41) is 2.02. The Morgan fingerprint density at radius 2 is 1.59 bits per heavy atom. The number of hydrogen-bond donors (Lipinski definition) is 0. The van der Waals surface area contributed by atoms with Crippen LogP contribution in [0.5, 0.6) is 0 Å². The number of amides is 2. The molecule has 136 valence electrons. The normalized spacial score (nSPS) is 14.8. The van der Waals surface area contributed by atoms with E-state index in [1.807, 2.05) is 47.4 Å². The minimum Gasteiger partial charge on any atom is -0.465 e. The fourth-order valence-corrected chi connectivity index (χ4v) is 3.36. The molecule has 1 fully saturated rings. The van der Waals surface area contributed by atoms with Crippen LogP contribution in [0.15, 0.2) is 71.4 Å². The molecule has 4 rings (SSSR count). The summed E-state index contributed by atoms with van der Waals surface area (Å²) in [4.78, 5) is 28.9. The van der Waals surface area contributed by atoms with Crippen LogP contribution in [0, 0.1) is 0 Å². The van der Waals surface area contributed by atoms with E-state index in [1.54, 1.807) is 29.4 Å². The van der Waals surface area contributed by atoms with E-state index in [2.05, 4.69) is 0 Å². The van der Waals surface area contributed by atoms with E-state index in [-0.39, 0.29) is 11.8 Å². The van der Waals surface area contributed by atoms with E-state index in [4.69, 9.17) is 4.42 Å². The summed E-state index contributed by atoms with van der Waals surface area (Å²) in [6.45, 7) is 2.11. The van der Waals surface area contributed by atoms with Gasteiger partial charge in [0.25, 0.3) is 5.91 Å². The summed E-state index contributed by atoms with van der Waals surface area (Å²) >= 11 is 0. The highest BCUT2D eigenvalue weighted by Gasteiger charge is 2.24. The van der Waals surface area contributed by atoms with Crippen molar-refractivity contribution in [1.82, 2.24) is 9.80 Å². The van der Waals surface area contributed by atoms with Gasteiger partial charge >= 0.3 is 0 Å². The van der Waals surface area contributed by atoms with Gasteiger partial charge in [-0.25, -0.2) is 0 Å². The van der Waals surface area contributed by atoms with E-state index in [1.165, 1.54) is 6.08 Å². The van der Waals surface area contributed by atoms with Gasteiger partial charge in [0.05, 0.1) is 6.26 Å². The molecule has 2 amide bonds. The predicted molar refractivity (Wildman–Crippen MR) is 104 cm³/mol. The molecule has 1 saturated heterocycles. The Balaban J connectivity index is 1.41. The Labute approximate surface area is 157 Å². The highest BCUT2D eigenvalue weighted by Crippen LogP contribution is 2.20. The third-order valence-electron chi connectivity index (χ3n) is 4.83. The van der Waals surface area contributed by atoms with Crippen molar-refractivity contribution < 1.29 is 14.0 Å². The maximum Gasteiger partial charge on any atom is 0.254 e. The maximum atomic E-state index is 13.0. The zero-order valence-electron chi connectivity index (χ0n) is 14.9. The Kier molecular flexibility index (Phi) is 4.75. The number of carbonyl (C=O) groups is 2. The molecule has 3 aromatic rings. The topological polar surface area (TPSA) is 53.8 Å². The molecular weight excluding hydrogens is 340 g/mol. The van der Waals surface area contributed by atoms with Gasteiger partial charge < -0.3 is 14.2 Å². The second kappa shape index (κ2) is 7.50. The van der Waals surface area contributed by atoms with Gasteiger partial charge in [-0.15, -0.1) is 0 Å². The molecule has 0 bridgehead atoms. The standard InChI is InChI=1S/C22H20N2O3/c25-21(11-10-18-7-4-16-27-18)23-12-14-24(15-13-23)22(26)20-9-3-6-17-5-1-2-8-19(17)20/h1-11,16H,12-15H2. The number of rotatable bonds is 3. The molecule has 2 heterocycles. The third kappa shape index (κ3) is 3.62. The lowest BCUT2D eigenvalue weighted by Gasteiger charge is -2.34. The minimum absolute atomic E-state index is 0.0185. The van der Waals surface area contributed by atoms with E-state index in [0.29, 0.717) is 37.5 Å². The molecule has 0 aliphatic carbocycles. The Bertz CT molecular complexity index is 978. The van der Waals surface area contributed by atoms with Crippen molar-refractivity contribution in [3.8, 4) is 0 Å². The fraction of sp³-hybridized carbons (Fsp3) is 0.182. The number of nitrogens with zero attached hydrogens (tertiary/aromatic N) is 2. The lowest BCUT2D eigenvalue weighted by molar-refractivity contribution is -0.127. The van der Waals surface area contributed by atoms with Crippen molar-refractivity contribution in [2.45, 2.75) is 0 Å². The first-order chi connectivity index (χ1) is 13.2. The molecule has 0 unspecified atom stereocenters. The average molecular weight is 360 g/mol. The van der Waals surface area contributed by atoms with Gasteiger partial charge in [0.15, 0.2) is 0 Å². The monoisotopic (exact) mass is 360 g/mol. The summed E-state index contributed by atoms with van der Waals surface area (Å²) < 4.78 is 5.19. The van der Waals surface area contributed by atoms with Crippen molar-refractivity contribution in [2.75, 3.05) is 26.2 Å². The van der Waals surface area contributed by atoms with Crippen LogP contribution in [0.3, 0.4) is 0 Å². The lowest BCUT2D eigenvalue weighted by atomic mass is 10.0. The fourth-order valence-electron chi connectivity index (χ4n) is 3.36. The SMILES string of the molecule is O=C(C=Cc1ccco1)N1CCN(C(=O)c2cccc3ccccc23)CC1. The number of piperazine rings is 1. The highest BCUT2D eigenvalue weighted by molar-refractivity contribution is 6.07. The molecule has 5 nitrogen and oxygen atoms in total. The van der Waals surface area contributed by atoms with Gasteiger partial charge in [-0.05, 0) is 35.0 Å². The first-order valence-electron chi connectivity index (χ1n) is 9.00. The Morgan fingerprint density at radius 3 is 2.37 bits per heavy atom. The van der Waals surface area contributed by atoms with Gasteiger partial charge in [0, 0.05) is 37.8 Å². The zero-order chi connectivity index (χ0) is 18.6. The van der Waals surface area contributed by atoms with Crippen molar-refractivity contribution in [2.24, 2.45) is 0 Å². The van der Waals surface area contributed by atoms with Crippen LogP contribution in [-0.4, -0.2) is 47.8 Å². The summed E-state index contributed by atoms with van der Waals surface area (Å²) in [5.41, 5.74) is 0.714. The molecule has 2 aromatic carbocycles. The lowest BCUT2D eigenvalue weighted by Crippen LogP contribution is -2.50. The summed E-state index contributed by atoms with van der Waals surface area (Å²) in [5.74, 6) is 0.599. The van der Waals surface area contributed by atoms with Gasteiger partial charge in [-0.1, -0.05) is 36.4 Å². The van der Waals surface area contributed by atoms with Crippen LogP contribution in [0.4, 0.5) is 0 Å². The molecule has 0 N–H and O–H groups in total. The van der Waals surface area contributed by atoms with E-state index < -0.39 is 0 Å². The summed E-state index contributed by atoms with van der Waals surface area (Å²) in [6.07, 6.45) is 4.75. The van der Waals surface area contributed by atoms with Crippen LogP contribution < -0.4 is 0 Å². The van der Waals surface area contributed by atoms with Crippen LogP contribution in [0.25, 0.3) is 16.8 Å². The predicted octanol–water partition coefficient (Wildman–Crippen LogP) is 3.43. The van der Waals surface area contributed by atoms with Gasteiger partial charge in [0.2, 0.25) is 5.91 Å². The largest absolute Gasteiger partial charge is 0.465 e. The van der Waals surface area contributed by atoms with E-state index in [9.17, 15) is 9.59 Å². The highest BCUT2D eigenvalue weighted by atomic mass is 16.3. The molecule has 1 aromatic heterocycles. The van der Waals surface area contributed by atoms with Crippen LogP contribution in [0.1, 0.15) is 16.1 Å². The van der Waals surface area contributed by atoms with Crippen LogP contribution >= 0.6 is 0 Å². The number of benzene rings is 2. The summed E-state index contributed by atoms with van der Waals surface area (Å²) in [6, 6.07) is 17.3. The Morgan fingerprint density at radius 1 is 0.852 bits per heavy atom. The molecule has 1 aliphatic heterocycles. The van der Waals surface area contributed by atoms with Crippen molar-refractivity contribution in [3.05, 3.63) is 78.3 Å². The number of fused-ring (bicyclic) bond motifs is 1. The second-order valence-electron chi connectivity index (χ2n) is 6.49. The molecule has 5 heteroatoms. The zero-order valence-corrected chi connectivity index (χ0v) is 14.9. The summed E-state index contributed by atoms with van der Waals surface area (Å²) in [7, 11) is 0. The molecule has 0 atom stereocenters. The average Bonchev–Trinajstić information content (AvgIpc) is 3.25. The van der Waals surface area contributed by atoms with Crippen molar-refractivity contribution >= 4 is 28.7 Å². The number of carbonyl (C=O) groups excluding carboxylic acids is 2. The molecular formula is C22H20N2O3. The van der Waals surface area contributed by atoms with Crippen molar-refractivity contribution in [1.29, 1.82) is 0 Å². The smallest absolute Gasteiger partial charge is 0.254 e. The minimum atomic E-state index is -0.0661. The molecule has 0 saturated carbocycles. The van der Waals surface area contributed by atoms with Gasteiger partial charge in [-0.2, -0.15) is 0 Å². The Hall–Kier alpha value is -3.34.